The second-order valence-electron chi connectivity index (χ2n) is 16.6. The summed E-state index contributed by atoms with van der Waals surface area (Å²) >= 11 is 0. The summed E-state index contributed by atoms with van der Waals surface area (Å²) < 4.78 is 17.1. The second-order valence-corrected chi connectivity index (χ2v) is 16.6. The van der Waals surface area contributed by atoms with E-state index in [0.717, 1.165) is 57.8 Å². The van der Waals surface area contributed by atoms with E-state index >= 15 is 0 Å². The van der Waals surface area contributed by atoms with Crippen LogP contribution >= 0.6 is 0 Å². The van der Waals surface area contributed by atoms with Gasteiger partial charge < -0.3 is 28.6 Å². The molecule has 0 bridgehead atoms. The zero-order chi connectivity index (χ0) is 43.5. The van der Waals surface area contributed by atoms with Gasteiger partial charge in [0, 0.05) is 19.3 Å². The number of allylic oxidation sites excluding steroid dienone is 12. The molecule has 59 heavy (non-hydrogen) atoms. The van der Waals surface area contributed by atoms with E-state index in [4.69, 9.17) is 14.2 Å². The molecule has 0 aliphatic rings. The number of ether oxygens (including phenoxy) is 3. The van der Waals surface area contributed by atoms with Crippen LogP contribution in [0.3, 0.4) is 0 Å². The normalized spacial score (nSPS) is 13.6. The number of carboxylic acid groups (broad SMARTS) is 1. The highest BCUT2D eigenvalue weighted by molar-refractivity contribution is 5.70. The maximum absolute atomic E-state index is 12.7. The van der Waals surface area contributed by atoms with Crippen molar-refractivity contribution in [3.8, 4) is 0 Å². The lowest BCUT2D eigenvalue weighted by Crippen LogP contribution is -2.55. The predicted octanol–water partition coefficient (Wildman–Crippen LogP) is 11.8. The van der Waals surface area contributed by atoms with E-state index in [0.29, 0.717) is 12.8 Å². The highest BCUT2D eigenvalue weighted by atomic mass is 16.6. The average Bonchev–Trinajstić information content (AvgIpc) is 3.19. The van der Waals surface area contributed by atoms with Crippen LogP contribution in [0, 0.1) is 0 Å². The Hall–Kier alpha value is -3.23. The van der Waals surface area contributed by atoms with E-state index in [1.807, 2.05) is 0 Å². The highest BCUT2D eigenvalue weighted by Gasteiger charge is 2.25. The number of unbranched alkanes of at least 4 members (excludes halogenated alkanes) is 15. The molecule has 0 rings (SSSR count). The minimum absolute atomic E-state index is 0.0136. The summed E-state index contributed by atoms with van der Waals surface area (Å²) in [5.41, 5.74) is 0. The van der Waals surface area contributed by atoms with Gasteiger partial charge in [-0.25, -0.2) is 0 Å². The van der Waals surface area contributed by atoms with E-state index in [1.54, 1.807) is 21.1 Å². The number of aliphatic carboxylic acids is 1. The van der Waals surface area contributed by atoms with Gasteiger partial charge in [0.15, 0.2) is 6.10 Å². The average molecular weight is 826 g/mol. The molecule has 0 fully saturated rings. The van der Waals surface area contributed by atoms with Crippen molar-refractivity contribution in [2.45, 2.75) is 193 Å². The van der Waals surface area contributed by atoms with E-state index in [-0.39, 0.29) is 49.1 Å². The molecule has 0 heterocycles. The van der Waals surface area contributed by atoms with Gasteiger partial charge in [0.05, 0.1) is 40.3 Å². The number of esters is 2. The Morgan fingerprint density at radius 1 is 0.525 bits per heavy atom. The number of quaternary nitrogens is 1. The fourth-order valence-corrected chi connectivity index (χ4v) is 6.45. The number of nitrogens with zero attached hydrogens (tertiary/aromatic N) is 1. The fraction of sp³-hybridized carbons (Fsp3) is 0.706. The van der Waals surface area contributed by atoms with E-state index in [9.17, 15) is 19.5 Å². The number of hydrogen-bond acceptors (Lipinski definition) is 7. The predicted molar refractivity (Wildman–Crippen MR) is 245 cm³/mol. The first-order valence-corrected chi connectivity index (χ1v) is 23.5. The molecule has 0 saturated heterocycles. The van der Waals surface area contributed by atoms with Crippen molar-refractivity contribution in [2.75, 3.05) is 41.0 Å². The Bertz CT molecular complexity index is 1190. The molecule has 0 aromatic rings. The van der Waals surface area contributed by atoms with Crippen LogP contribution in [0.1, 0.15) is 181 Å². The lowest BCUT2D eigenvalue weighted by atomic mass is 10.1. The van der Waals surface area contributed by atoms with Gasteiger partial charge in [-0.05, 0) is 77.0 Å². The monoisotopic (exact) mass is 826 g/mol. The molecule has 0 aliphatic carbocycles. The van der Waals surface area contributed by atoms with Gasteiger partial charge in [0.2, 0.25) is 0 Å². The van der Waals surface area contributed by atoms with Crippen LogP contribution in [0.4, 0.5) is 0 Å². The fourth-order valence-electron chi connectivity index (χ4n) is 6.45. The molecule has 2 unspecified atom stereocenters. The lowest BCUT2D eigenvalue weighted by molar-refractivity contribution is -0.889. The number of hydrogen-bond donors (Lipinski definition) is 0. The summed E-state index contributed by atoms with van der Waals surface area (Å²) in [5.74, 6) is -1.82. The first-order valence-electron chi connectivity index (χ1n) is 23.5. The van der Waals surface area contributed by atoms with Crippen LogP contribution in [0.2, 0.25) is 0 Å². The van der Waals surface area contributed by atoms with E-state index in [2.05, 4.69) is 86.8 Å². The first-order chi connectivity index (χ1) is 28.6. The van der Waals surface area contributed by atoms with Crippen LogP contribution in [0.15, 0.2) is 72.9 Å². The van der Waals surface area contributed by atoms with Gasteiger partial charge in [-0.1, -0.05) is 157 Å². The Morgan fingerprint density at radius 3 is 1.47 bits per heavy atom. The molecular formula is C51H87NO7. The standard InChI is InChI=1S/C51H87NO7/c1-6-8-10-12-14-16-18-20-22-24-26-27-29-31-33-35-37-39-41-49(53)58-46-47(45-57-44-43-48(51(55)56)52(3,4)5)59-50(54)42-40-38-36-34-32-30-28-25-23-21-19-17-15-13-11-9-7-2/h9,11,15,17,21-24,28,30,34,36,47-48H,6-8,10,12-14,16,18-20,25-27,29,31-33,35,37-46H2,1-5H3/b11-9-,17-15-,23-21-,24-22-,30-28-,36-34-. The Kier molecular flexibility index (Phi) is 39.2. The molecule has 0 saturated carbocycles. The van der Waals surface area contributed by atoms with Gasteiger partial charge >= 0.3 is 11.9 Å². The summed E-state index contributed by atoms with van der Waals surface area (Å²) in [6, 6.07) is -0.740. The Labute approximate surface area is 361 Å². The smallest absolute Gasteiger partial charge is 0.306 e. The van der Waals surface area contributed by atoms with Crippen molar-refractivity contribution in [3.63, 3.8) is 0 Å². The number of carbonyl (C=O) groups excluding carboxylic acids is 3. The molecule has 338 valence electrons. The molecule has 2 atom stereocenters. The first kappa shape index (κ1) is 55.8. The number of carboxylic acids is 1. The molecule has 0 radical (unpaired) electrons. The quantitative estimate of drug-likeness (QED) is 0.0262. The number of rotatable bonds is 41. The second kappa shape index (κ2) is 41.5. The van der Waals surface area contributed by atoms with E-state index in [1.165, 1.54) is 83.5 Å². The van der Waals surface area contributed by atoms with Crippen molar-refractivity contribution in [1.82, 2.24) is 0 Å². The van der Waals surface area contributed by atoms with Gasteiger partial charge in [0.1, 0.15) is 12.6 Å². The molecule has 8 nitrogen and oxygen atoms in total. The van der Waals surface area contributed by atoms with Crippen LogP contribution in [0.5, 0.6) is 0 Å². The SMILES string of the molecule is CC/C=C\C/C=C\C/C=C\C/C=C\C/C=C\CCCC(=O)OC(COCCC(C(=O)[O-])[N+](C)(C)C)COC(=O)CCCCCCCCC/C=C\CCCCCCCCC. The largest absolute Gasteiger partial charge is 0.544 e. The number of likely N-dealkylation sites (N-methyl/N-ethyl adjacent to an activating group) is 1. The van der Waals surface area contributed by atoms with Crippen LogP contribution in [-0.2, 0) is 28.6 Å². The summed E-state index contributed by atoms with van der Waals surface area (Å²) in [4.78, 5) is 36.9. The summed E-state index contributed by atoms with van der Waals surface area (Å²) in [5, 5.41) is 11.6. The maximum Gasteiger partial charge on any atom is 0.306 e. The third-order valence-corrected chi connectivity index (χ3v) is 10.1. The molecule has 0 aromatic heterocycles. The van der Waals surface area contributed by atoms with Gasteiger partial charge in [-0.2, -0.15) is 0 Å². The van der Waals surface area contributed by atoms with Gasteiger partial charge in [-0.15, -0.1) is 0 Å². The van der Waals surface area contributed by atoms with E-state index < -0.39 is 18.1 Å². The van der Waals surface area contributed by atoms with Crippen molar-refractivity contribution in [2.24, 2.45) is 0 Å². The summed E-state index contributed by atoms with van der Waals surface area (Å²) in [6.45, 7) is 4.48. The Morgan fingerprint density at radius 2 is 0.966 bits per heavy atom. The third-order valence-electron chi connectivity index (χ3n) is 10.1. The molecule has 0 amide bonds. The zero-order valence-electron chi connectivity index (χ0n) is 38.4. The van der Waals surface area contributed by atoms with Crippen molar-refractivity contribution in [3.05, 3.63) is 72.9 Å². The minimum Gasteiger partial charge on any atom is -0.544 e. The molecular weight excluding hydrogens is 739 g/mol. The van der Waals surface area contributed by atoms with Crippen LogP contribution < -0.4 is 5.11 Å². The maximum atomic E-state index is 12.7. The zero-order valence-corrected chi connectivity index (χ0v) is 38.4. The van der Waals surface area contributed by atoms with Gasteiger partial charge in [-0.3, -0.25) is 9.59 Å². The molecule has 0 N–H and O–H groups in total. The number of carbonyl (C=O) groups is 3. The molecule has 0 spiro atoms. The summed E-state index contributed by atoms with van der Waals surface area (Å²) in [7, 11) is 5.38. The third kappa shape index (κ3) is 40.0. The van der Waals surface area contributed by atoms with Crippen molar-refractivity contribution >= 4 is 17.9 Å². The van der Waals surface area contributed by atoms with Crippen LogP contribution in [-0.4, -0.2) is 75.5 Å². The Balaban J connectivity index is 4.41. The van der Waals surface area contributed by atoms with Crippen molar-refractivity contribution < 1.29 is 38.2 Å². The van der Waals surface area contributed by atoms with Gasteiger partial charge in [0.25, 0.3) is 0 Å². The topological polar surface area (TPSA) is 102 Å². The highest BCUT2D eigenvalue weighted by Crippen LogP contribution is 2.13. The molecule has 8 heteroatoms. The summed E-state index contributed by atoms with van der Waals surface area (Å²) in [6.07, 6.45) is 52.2. The lowest BCUT2D eigenvalue weighted by Gasteiger charge is -2.34. The molecule has 0 aliphatic heterocycles. The van der Waals surface area contributed by atoms with Crippen LogP contribution in [0.25, 0.3) is 0 Å². The molecule has 0 aromatic carbocycles. The minimum atomic E-state index is -1.14. The van der Waals surface area contributed by atoms with Crippen molar-refractivity contribution in [1.29, 1.82) is 0 Å².